The number of amides is 2. The van der Waals surface area contributed by atoms with Crippen molar-refractivity contribution in [2.45, 2.75) is 25.5 Å². The van der Waals surface area contributed by atoms with E-state index in [9.17, 15) is 14.4 Å². The Kier molecular flexibility index (Phi) is 7.38. The molecule has 2 aromatic rings. The Morgan fingerprint density at radius 3 is 2.47 bits per heavy atom. The minimum absolute atomic E-state index is 0.0311. The van der Waals surface area contributed by atoms with Crippen LogP contribution in [0.4, 0.5) is 5.69 Å². The molecule has 1 saturated heterocycles. The van der Waals surface area contributed by atoms with Crippen molar-refractivity contribution in [1.82, 2.24) is 9.80 Å². The van der Waals surface area contributed by atoms with E-state index in [2.05, 4.69) is 0 Å². The van der Waals surface area contributed by atoms with Crippen molar-refractivity contribution in [2.75, 3.05) is 44.7 Å². The second-order valence-corrected chi connectivity index (χ2v) is 8.74. The van der Waals surface area contributed by atoms with Crippen molar-refractivity contribution >= 4 is 35.1 Å². The summed E-state index contributed by atoms with van der Waals surface area (Å²) in [6.45, 7) is 3.96. The van der Waals surface area contributed by atoms with E-state index in [1.807, 2.05) is 47.4 Å². The molecule has 180 valence electrons. The number of hydrogen-bond acceptors (Lipinski definition) is 6. The number of fused-ring (bicyclic) bond motifs is 1. The lowest BCUT2D eigenvalue weighted by Gasteiger charge is -2.39. The van der Waals surface area contributed by atoms with Gasteiger partial charge < -0.3 is 19.3 Å². The highest BCUT2D eigenvalue weighted by molar-refractivity contribution is 6.31. The molecule has 0 radical (unpaired) electrons. The lowest BCUT2D eigenvalue weighted by Crippen LogP contribution is -2.52. The zero-order valence-electron chi connectivity index (χ0n) is 19.3. The van der Waals surface area contributed by atoms with Crippen molar-refractivity contribution in [1.29, 1.82) is 0 Å². The van der Waals surface area contributed by atoms with Gasteiger partial charge in [0.15, 0.2) is 6.10 Å². The van der Waals surface area contributed by atoms with Crippen molar-refractivity contribution < 1.29 is 23.9 Å². The monoisotopic (exact) mass is 485 g/mol. The predicted octanol–water partition coefficient (Wildman–Crippen LogP) is 2.90. The van der Waals surface area contributed by atoms with Crippen molar-refractivity contribution in [3.63, 3.8) is 0 Å². The van der Waals surface area contributed by atoms with Crippen LogP contribution in [0.1, 0.15) is 24.9 Å². The summed E-state index contributed by atoms with van der Waals surface area (Å²) in [4.78, 5) is 43.6. The first-order valence-corrected chi connectivity index (χ1v) is 11.7. The number of esters is 1. The van der Waals surface area contributed by atoms with E-state index in [4.69, 9.17) is 21.1 Å². The number of para-hydroxylation sites is 2. The van der Waals surface area contributed by atoms with Crippen LogP contribution in [0.2, 0.25) is 5.02 Å². The number of nitrogens with zero attached hydrogens (tertiary/aromatic N) is 3. The molecule has 2 aliphatic rings. The minimum atomic E-state index is -0.625. The molecule has 0 N–H and O–H groups in total. The van der Waals surface area contributed by atoms with Crippen LogP contribution in [0.5, 0.6) is 5.75 Å². The fourth-order valence-corrected chi connectivity index (χ4v) is 4.70. The number of ether oxygens (including phenoxy) is 2. The molecule has 2 atom stereocenters. The van der Waals surface area contributed by atoms with E-state index < -0.39 is 12.1 Å². The Labute approximate surface area is 204 Å². The van der Waals surface area contributed by atoms with Gasteiger partial charge in [-0.15, -0.1) is 0 Å². The topological polar surface area (TPSA) is 79.4 Å². The molecule has 4 rings (SSSR count). The van der Waals surface area contributed by atoms with Crippen LogP contribution < -0.4 is 9.64 Å². The molecule has 0 saturated carbocycles. The summed E-state index contributed by atoms with van der Waals surface area (Å²) in [6.07, 6.45) is -0.383. The van der Waals surface area contributed by atoms with Gasteiger partial charge >= 0.3 is 5.97 Å². The molecule has 0 spiro atoms. The molecule has 0 aromatic heterocycles. The molecule has 2 amide bonds. The van der Waals surface area contributed by atoms with Gasteiger partial charge in [-0.1, -0.05) is 41.9 Å². The van der Waals surface area contributed by atoms with Gasteiger partial charge in [-0.05, 0) is 30.7 Å². The highest BCUT2D eigenvalue weighted by atomic mass is 35.5. The van der Waals surface area contributed by atoms with Gasteiger partial charge in [-0.3, -0.25) is 14.5 Å². The molecule has 8 nitrogen and oxygen atoms in total. The number of piperazine rings is 1. The lowest BCUT2D eigenvalue weighted by atomic mass is 10.0. The predicted molar refractivity (Wildman–Crippen MR) is 128 cm³/mol. The second-order valence-electron chi connectivity index (χ2n) is 8.33. The zero-order valence-corrected chi connectivity index (χ0v) is 20.0. The summed E-state index contributed by atoms with van der Waals surface area (Å²) in [7, 11) is 1.36. The van der Waals surface area contributed by atoms with E-state index in [0.29, 0.717) is 48.2 Å². The number of anilines is 1. The number of rotatable bonds is 6. The first kappa shape index (κ1) is 24.0. The quantitative estimate of drug-likeness (QED) is 0.585. The smallest absolute Gasteiger partial charge is 0.327 e. The standard InChI is InChI=1S/C25H28ClN3O5/c1-17-24(31)29(20-9-5-6-10-21(20)34-17)12-11-22(30)27-13-15-28(16-14-27)23(25(32)33-2)18-7-3-4-8-19(18)26/h3-10,17,23H,11-16H2,1-2H3. The third-order valence-corrected chi connectivity index (χ3v) is 6.62. The summed E-state index contributed by atoms with van der Waals surface area (Å²) >= 11 is 6.35. The highest BCUT2D eigenvalue weighted by Crippen LogP contribution is 2.34. The van der Waals surface area contributed by atoms with Gasteiger partial charge in [0, 0.05) is 44.2 Å². The summed E-state index contributed by atoms with van der Waals surface area (Å²) < 4.78 is 10.7. The molecule has 0 aliphatic carbocycles. The first-order chi connectivity index (χ1) is 16.4. The average Bonchev–Trinajstić information content (AvgIpc) is 2.85. The third-order valence-electron chi connectivity index (χ3n) is 6.28. The molecule has 9 heteroatoms. The molecule has 2 unspecified atom stereocenters. The van der Waals surface area contributed by atoms with E-state index in [-0.39, 0.29) is 30.7 Å². The van der Waals surface area contributed by atoms with Crippen LogP contribution in [0.3, 0.4) is 0 Å². The van der Waals surface area contributed by atoms with E-state index >= 15 is 0 Å². The fraction of sp³-hybridized carbons (Fsp3) is 0.400. The maximum absolute atomic E-state index is 13.0. The van der Waals surface area contributed by atoms with Gasteiger partial charge in [-0.25, -0.2) is 4.79 Å². The van der Waals surface area contributed by atoms with Crippen LogP contribution >= 0.6 is 11.6 Å². The van der Waals surface area contributed by atoms with E-state index in [0.717, 1.165) is 0 Å². The zero-order chi connectivity index (χ0) is 24.2. The summed E-state index contributed by atoms with van der Waals surface area (Å²) in [5.41, 5.74) is 1.37. The number of carbonyl (C=O) groups is 3. The summed E-state index contributed by atoms with van der Waals surface area (Å²) in [6, 6.07) is 13.9. The lowest BCUT2D eigenvalue weighted by molar-refractivity contribution is -0.148. The Morgan fingerprint density at radius 1 is 1.09 bits per heavy atom. The average molecular weight is 486 g/mol. The molecule has 34 heavy (non-hydrogen) atoms. The highest BCUT2D eigenvalue weighted by Gasteiger charge is 2.35. The van der Waals surface area contributed by atoms with Crippen LogP contribution in [0, 0.1) is 0 Å². The van der Waals surface area contributed by atoms with Gasteiger partial charge in [0.1, 0.15) is 11.8 Å². The van der Waals surface area contributed by atoms with Gasteiger partial charge in [0.25, 0.3) is 5.91 Å². The van der Waals surface area contributed by atoms with Crippen molar-refractivity contribution in [2.24, 2.45) is 0 Å². The summed E-state index contributed by atoms with van der Waals surface area (Å²) in [5, 5.41) is 0.501. The number of halogens is 1. The molecule has 0 bridgehead atoms. The number of hydrogen-bond donors (Lipinski definition) is 0. The van der Waals surface area contributed by atoms with Gasteiger partial charge in [0.2, 0.25) is 5.91 Å². The first-order valence-electron chi connectivity index (χ1n) is 11.3. The van der Waals surface area contributed by atoms with Gasteiger partial charge in [-0.2, -0.15) is 0 Å². The molecule has 2 aromatic carbocycles. The Morgan fingerprint density at radius 2 is 1.76 bits per heavy atom. The Bertz CT molecular complexity index is 1070. The molecule has 2 heterocycles. The van der Waals surface area contributed by atoms with Crippen LogP contribution in [0.25, 0.3) is 0 Å². The summed E-state index contributed by atoms with van der Waals surface area (Å²) in [5.74, 6) is 0.0731. The van der Waals surface area contributed by atoms with Crippen LogP contribution in [-0.2, 0) is 19.1 Å². The molecule has 2 aliphatic heterocycles. The van der Waals surface area contributed by atoms with Crippen molar-refractivity contribution in [3.05, 3.63) is 59.1 Å². The van der Waals surface area contributed by atoms with Crippen molar-refractivity contribution in [3.8, 4) is 5.75 Å². The molecular formula is C25H28ClN3O5. The fourth-order valence-electron chi connectivity index (χ4n) is 4.47. The largest absolute Gasteiger partial charge is 0.479 e. The molecular weight excluding hydrogens is 458 g/mol. The number of carbonyl (C=O) groups excluding carboxylic acids is 3. The Balaban J connectivity index is 1.38. The van der Waals surface area contributed by atoms with Gasteiger partial charge in [0.05, 0.1) is 12.8 Å². The Hall–Kier alpha value is -3.10. The maximum atomic E-state index is 13.0. The normalized spacial score (nSPS) is 19.3. The third kappa shape index (κ3) is 4.88. The number of methoxy groups -OCH3 is 1. The second kappa shape index (κ2) is 10.4. The molecule has 1 fully saturated rings. The number of benzene rings is 2. The minimum Gasteiger partial charge on any atom is -0.479 e. The van der Waals surface area contributed by atoms with Crippen LogP contribution in [0.15, 0.2) is 48.5 Å². The SMILES string of the molecule is COC(=O)C(c1ccccc1Cl)N1CCN(C(=O)CCN2C(=O)C(C)Oc3ccccc32)CC1. The van der Waals surface area contributed by atoms with Crippen LogP contribution in [-0.4, -0.2) is 73.5 Å². The maximum Gasteiger partial charge on any atom is 0.327 e. The van der Waals surface area contributed by atoms with E-state index in [1.165, 1.54) is 7.11 Å². The van der Waals surface area contributed by atoms with E-state index in [1.54, 1.807) is 22.8 Å².